The zero-order valence-corrected chi connectivity index (χ0v) is 9.02. The molecule has 0 aliphatic carbocycles. The van der Waals surface area contributed by atoms with E-state index in [2.05, 4.69) is 0 Å². The fourth-order valence-electron chi connectivity index (χ4n) is 1.05. The zero-order chi connectivity index (χ0) is 11.0. The Morgan fingerprint density at radius 3 is 2.50 bits per heavy atom. The molecule has 14 heavy (non-hydrogen) atoms. The molecule has 0 aliphatic heterocycles. The largest absolute Gasteiger partial charge is 0.481 e. The molecule has 0 saturated heterocycles. The van der Waals surface area contributed by atoms with Crippen LogP contribution in [0.1, 0.15) is 19.3 Å². The summed E-state index contributed by atoms with van der Waals surface area (Å²) in [6.07, 6.45) is 0.792. The Bertz CT molecular complexity index is 194. The highest BCUT2D eigenvalue weighted by Crippen LogP contribution is 2.13. The maximum Gasteiger partial charge on any atom is 0.307 e. The lowest BCUT2D eigenvalue weighted by molar-refractivity contribution is -0.148. The Labute approximate surface area is 85.0 Å². The van der Waals surface area contributed by atoms with Crippen LogP contribution >= 0.6 is 0 Å². The molecular formula is C8H14O5Si. The number of carboxylic acids is 2. The van der Waals surface area contributed by atoms with Gasteiger partial charge in [0.25, 0.3) is 0 Å². The lowest BCUT2D eigenvalue weighted by Crippen LogP contribution is -2.17. The molecule has 0 aromatic heterocycles. The summed E-state index contributed by atoms with van der Waals surface area (Å²) in [5.41, 5.74) is 0. The van der Waals surface area contributed by atoms with Crippen LogP contribution in [0, 0.1) is 5.92 Å². The van der Waals surface area contributed by atoms with Crippen LogP contribution in [0.2, 0.25) is 6.04 Å². The molecule has 0 fully saturated rings. The summed E-state index contributed by atoms with van der Waals surface area (Å²) in [5, 5.41) is 17.1. The summed E-state index contributed by atoms with van der Waals surface area (Å²) in [6, 6.07) is 0.792. The van der Waals surface area contributed by atoms with E-state index >= 15 is 0 Å². The van der Waals surface area contributed by atoms with Crippen LogP contribution < -0.4 is 0 Å². The minimum absolute atomic E-state index is 0.300. The van der Waals surface area contributed by atoms with E-state index in [0.29, 0.717) is 22.6 Å². The van der Waals surface area contributed by atoms with Crippen molar-refractivity contribution in [3.63, 3.8) is 0 Å². The van der Waals surface area contributed by atoms with Crippen molar-refractivity contribution >= 4 is 21.7 Å². The third-order valence-corrected chi connectivity index (χ3v) is 2.59. The van der Waals surface area contributed by atoms with Crippen molar-refractivity contribution in [1.82, 2.24) is 0 Å². The van der Waals surface area contributed by atoms with Crippen LogP contribution in [0.3, 0.4) is 0 Å². The molecule has 1 unspecified atom stereocenters. The Morgan fingerprint density at radius 2 is 2.07 bits per heavy atom. The molecule has 0 heterocycles. The quantitative estimate of drug-likeness (QED) is 0.461. The van der Waals surface area contributed by atoms with Gasteiger partial charge in [0, 0.05) is 7.11 Å². The van der Waals surface area contributed by atoms with Gasteiger partial charge < -0.3 is 14.6 Å². The number of aliphatic carboxylic acids is 2. The van der Waals surface area contributed by atoms with Crippen molar-refractivity contribution in [2.24, 2.45) is 5.92 Å². The Kier molecular flexibility index (Phi) is 7.04. The fraction of sp³-hybridized carbons (Fsp3) is 0.750. The molecule has 0 aliphatic rings. The highest BCUT2D eigenvalue weighted by molar-refractivity contribution is 6.26. The maximum atomic E-state index is 10.6. The Morgan fingerprint density at radius 1 is 1.43 bits per heavy atom. The first-order chi connectivity index (χ1) is 6.57. The van der Waals surface area contributed by atoms with Crippen molar-refractivity contribution in [3.05, 3.63) is 0 Å². The second kappa shape index (κ2) is 7.51. The second-order valence-electron chi connectivity index (χ2n) is 2.87. The first-order valence-electron chi connectivity index (χ1n) is 4.28. The van der Waals surface area contributed by atoms with Crippen LogP contribution in [0.15, 0.2) is 0 Å². The van der Waals surface area contributed by atoms with Crippen LogP contribution in [0.5, 0.6) is 0 Å². The summed E-state index contributed by atoms with van der Waals surface area (Å²) in [5.74, 6) is -2.87. The number of carboxylic acid groups (broad SMARTS) is 2. The summed E-state index contributed by atoms with van der Waals surface area (Å²) < 4.78 is 4.83. The second-order valence-corrected chi connectivity index (χ2v) is 4.07. The third-order valence-electron chi connectivity index (χ3n) is 1.75. The molecule has 6 heteroatoms. The van der Waals surface area contributed by atoms with E-state index in [0.717, 1.165) is 6.04 Å². The van der Waals surface area contributed by atoms with Crippen LogP contribution in [0.4, 0.5) is 0 Å². The average Bonchev–Trinajstić information content (AvgIpc) is 2.09. The molecule has 5 nitrogen and oxygen atoms in total. The molecule has 0 aromatic rings. The van der Waals surface area contributed by atoms with Gasteiger partial charge in [0.05, 0.1) is 12.3 Å². The molecule has 0 saturated carbocycles. The minimum atomic E-state index is -1.06. The summed E-state index contributed by atoms with van der Waals surface area (Å²) in [7, 11) is 1.95. The van der Waals surface area contributed by atoms with E-state index in [-0.39, 0.29) is 6.42 Å². The van der Waals surface area contributed by atoms with Gasteiger partial charge in [-0.25, -0.2) is 0 Å². The van der Waals surface area contributed by atoms with Gasteiger partial charge >= 0.3 is 11.9 Å². The summed E-state index contributed by atoms with van der Waals surface area (Å²) in [4.78, 5) is 20.9. The number of carbonyl (C=O) groups is 2. The van der Waals surface area contributed by atoms with Crippen molar-refractivity contribution in [3.8, 4) is 0 Å². The standard InChI is InChI=1S/C8H14O5Si/c1-13-14-4-2-3-6(8(11)12)5-7(9)10/h6H,2-5H2,1H3,(H,9,10)(H,11,12). The molecule has 0 amide bonds. The molecule has 80 valence electrons. The van der Waals surface area contributed by atoms with Gasteiger partial charge in [0.2, 0.25) is 9.76 Å². The topological polar surface area (TPSA) is 83.8 Å². The predicted molar refractivity (Wildman–Crippen MR) is 50.2 cm³/mol. The molecular weight excluding hydrogens is 204 g/mol. The molecule has 0 aromatic carbocycles. The van der Waals surface area contributed by atoms with E-state index in [1.165, 1.54) is 0 Å². The number of hydrogen-bond donors (Lipinski definition) is 2. The Balaban J connectivity index is 3.74. The minimum Gasteiger partial charge on any atom is -0.481 e. The van der Waals surface area contributed by atoms with E-state index < -0.39 is 17.9 Å². The lowest BCUT2D eigenvalue weighted by atomic mass is 10.0. The predicted octanol–water partition coefficient (Wildman–Crippen LogP) is 0.626. The van der Waals surface area contributed by atoms with Crippen molar-refractivity contribution in [2.75, 3.05) is 7.11 Å². The SMILES string of the molecule is CO[Si]CCCC(CC(=O)O)C(=O)O. The monoisotopic (exact) mass is 218 g/mol. The highest BCUT2D eigenvalue weighted by atomic mass is 28.2. The van der Waals surface area contributed by atoms with E-state index in [1.807, 2.05) is 0 Å². The molecule has 2 N–H and O–H groups in total. The molecule has 2 radical (unpaired) electrons. The smallest absolute Gasteiger partial charge is 0.307 e. The van der Waals surface area contributed by atoms with Crippen molar-refractivity contribution in [1.29, 1.82) is 0 Å². The van der Waals surface area contributed by atoms with Gasteiger partial charge in [-0.05, 0) is 12.5 Å². The van der Waals surface area contributed by atoms with Crippen LogP contribution in [-0.2, 0) is 14.0 Å². The fourth-order valence-corrected chi connectivity index (χ4v) is 1.60. The van der Waals surface area contributed by atoms with Crippen LogP contribution in [0.25, 0.3) is 0 Å². The maximum absolute atomic E-state index is 10.6. The Hall–Kier alpha value is -0.883. The average molecular weight is 218 g/mol. The first-order valence-corrected chi connectivity index (χ1v) is 5.40. The highest BCUT2D eigenvalue weighted by Gasteiger charge is 2.20. The van der Waals surface area contributed by atoms with Crippen LogP contribution in [-0.4, -0.2) is 39.0 Å². The zero-order valence-electron chi connectivity index (χ0n) is 8.02. The van der Waals surface area contributed by atoms with E-state index in [4.69, 9.17) is 14.6 Å². The van der Waals surface area contributed by atoms with Gasteiger partial charge in [-0.2, -0.15) is 0 Å². The molecule has 0 rings (SSSR count). The summed E-state index contributed by atoms with van der Waals surface area (Å²) >= 11 is 0. The van der Waals surface area contributed by atoms with Gasteiger partial charge in [-0.1, -0.05) is 6.42 Å². The summed E-state index contributed by atoms with van der Waals surface area (Å²) in [6.45, 7) is 0. The molecule has 0 spiro atoms. The van der Waals surface area contributed by atoms with Gasteiger partial charge in [0.15, 0.2) is 0 Å². The third kappa shape index (κ3) is 6.61. The van der Waals surface area contributed by atoms with Gasteiger partial charge in [-0.15, -0.1) is 0 Å². The van der Waals surface area contributed by atoms with Crippen molar-refractivity contribution < 1.29 is 24.2 Å². The lowest BCUT2D eigenvalue weighted by Gasteiger charge is -2.08. The molecule has 1 atom stereocenters. The first kappa shape index (κ1) is 13.1. The number of rotatable bonds is 8. The normalized spacial score (nSPS) is 12.4. The van der Waals surface area contributed by atoms with E-state index in [9.17, 15) is 9.59 Å². The number of hydrogen-bond acceptors (Lipinski definition) is 3. The van der Waals surface area contributed by atoms with Crippen molar-refractivity contribution in [2.45, 2.75) is 25.3 Å². The molecule has 0 bridgehead atoms. The van der Waals surface area contributed by atoms with Gasteiger partial charge in [0.1, 0.15) is 0 Å². The van der Waals surface area contributed by atoms with Gasteiger partial charge in [-0.3, -0.25) is 9.59 Å². The van der Waals surface area contributed by atoms with E-state index in [1.54, 1.807) is 7.11 Å².